The van der Waals surface area contributed by atoms with Crippen molar-refractivity contribution < 1.29 is 4.74 Å². The van der Waals surface area contributed by atoms with Gasteiger partial charge >= 0.3 is 0 Å². The van der Waals surface area contributed by atoms with Gasteiger partial charge in [-0.3, -0.25) is 0 Å². The molecule has 74 valence electrons. The van der Waals surface area contributed by atoms with Crippen LogP contribution < -0.4 is 10.9 Å². The molecule has 1 aliphatic heterocycles. The summed E-state index contributed by atoms with van der Waals surface area (Å²) < 4.78 is 5.55. The second-order valence-corrected chi connectivity index (χ2v) is 3.02. The Morgan fingerprint density at radius 1 is 1.62 bits per heavy atom. The molecule has 0 aromatic rings. The minimum atomic E-state index is 0.323. The van der Waals surface area contributed by atoms with Crippen LogP contribution in [0.1, 0.15) is 27.2 Å². The minimum Gasteiger partial charge on any atom is -0.494 e. The lowest BCUT2D eigenvalue weighted by atomic mass is 10.1. The van der Waals surface area contributed by atoms with Gasteiger partial charge in [-0.1, -0.05) is 6.92 Å². The van der Waals surface area contributed by atoms with Gasteiger partial charge in [-0.15, -0.1) is 0 Å². The number of ether oxygens (including phenoxy) is 1. The monoisotopic (exact) mass is 182 g/mol. The molecular formula is C10H18N2O. The summed E-state index contributed by atoms with van der Waals surface area (Å²) in [7, 11) is 0. The summed E-state index contributed by atoms with van der Waals surface area (Å²) >= 11 is 0. The zero-order chi connectivity index (χ0) is 9.68. The molecule has 0 aromatic heterocycles. The van der Waals surface area contributed by atoms with Crippen LogP contribution in [0.4, 0.5) is 0 Å². The molecule has 3 nitrogen and oxygen atoms in total. The average Bonchev–Trinajstić information content (AvgIpc) is 2.51. The Bertz CT molecular complexity index is 221. The largest absolute Gasteiger partial charge is 0.494 e. The third-order valence-electron chi connectivity index (χ3n) is 1.97. The number of hydrogen-bond acceptors (Lipinski definition) is 3. The first-order chi connectivity index (χ1) is 6.29. The smallest absolute Gasteiger partial charge is 0.121 e. The molecule has 2 N–H and O–H groups in total. The van der Waals surface area contributed by atoms with Crippen molar-refractivity contribution in [1.29, 1.82) is 0 Å². The summed E-state index contributed by atoms with van der Waals surface area (Å²) in [6, 6.07) is 0.323. The van der Waals surface area contributed by atoms with Gasteiger partial charge in [0.15, 0.2) is 0 Å². The topological polar surface area (TPSA) is 33.3 Å². The van der Waals surface area contributed by atoms with E-state index in [0.29, 0.717) is 6.04 Å². The van der Waals surface area contributed by atoms with Crippen molar-refractivity contribution in [1.82, 2.24) is 10.9 Å². The second-order valence-electron chi connectivity index (χ2n) is 3.02. The Hall–Kier alpha value is -0.960. The number of hydrazine groups is 1. The number of nitrogens with one attached hydrogen (secondary N) is 2. The fourth-order valence-corrected chi connectivity index (χ4v) is 1.33. The first-order valence-corrected chi connectivity index (χ1v) is 4.84. The molecule has 1 heterocycles. The van der Waals surface area contributed by atoms with E-state index in [0.717, 1.165) is 18.8 Å². The third kappa shape index (κ3) is 2.49. The highest BCUT2D eigenvalue weighted by Gasteiger charge is 2.17. The molecule has 0 spiro atoms. The van der Waals surface area contributed by atoms with Crippen LogP contribution in [0.5, 0.6) is 0 Å². The van der Waals surface area contributed by atoms with Gasteiger partial charge in [-0.25, -0.2) is 5.43 Å². The van der Waals surface area contributed by atoms with Gasteiger partial charge in [-0.05, 0) is 26.3 Å². The molecule has 0 aliphatic carbocycles. The molecule has 1 atom stereocenters. The zero-order valence-corrected chi connectivity index (χ0v) is 8.55. The molecule has 1 unspecified atom stereocenters. The zero-order valence-electron chi connectivity index (χ0n) is 8.55. The predicted molar refractivity (Wildman–Crippen MR) is 53.8 cm³/mol. The Labute approximate surface area is 79.8 Å². The van der Waals surface area contributed by atoms with Crippen molar-refractivity contribution in [2.45, 2.75) is 33.2 Å². The standard InChI is InChI=1S/C10H18N2O/c1-4-6-10(13-5-2)9-7-11-12-8(9)3/h6-8,11-12H,4-5H2,1-3H3/b10-6+. The molecule has 0 amide bonds. The number of hydrogen-bond donors (Lipinski definition) is 2. The van der Waals surface area contributed by atoms with E-state index in [4.69, 9.17) is 4.74 Å². The molecule has 1 rings (SSSR count). The van der Waals surface area contributed by atoms with Gasteiger partial charge < -0.3 is 10.2 Å². The number of allylic oxidation sites excluding steroid dienone is 1. The van der Waals surface area contributed by atoms with E-state index in [1.807, 2.05) is 13.1 Å². The van der Waals surface area contributed by atoms with Crippen LogP contribution in [-0.4, -0.2) is 12.6 Å². The van der Waals surface area contributed by atoms with E-state index in [9.17, 15) is 0 Å². The molecule has 0 aromatic carbocycles. The van der Waals surface area contributed by atoms with Crippen molar-refractivity contribution in [2.24, 2.45) is 0 Å². The fraction of sp³-hybridized carbons (Fsp3) is 0.600. The highest BCUT2D eigenvalue weighted by molar-refractivity contribution is 5.32. The molecule has 0 radical (unpaired) electrons. The molecule has 0 bridgehead atoms. The summed E-state index contributed by atoms with van der Waals surface area (Å²) in [5, 5.41) is 0. The normalized spacial score (nSPS) is 22.5. The summed E-state index contributed by atoms with van der Waals surface area (Å²) in [5.41, 5.74) is 7.29. The third-order valence-corrected chi connectivity index (χ3v) is 1.97. The Kier molecular flexibility index (Phi) is 3.83. The lowest BCUT2D eigenvalue weighted by Gasteiger charge is -2.12. The summed E-state index contributed by atoms with van der Waals surface area (Å²) in [6.07, 6.45) is 5.07. The summed E-state index contributed by atoms with van der Waals surface area (Å²) in [6.45, 7) is 6.94. The van der Waals surface area contributed by atoms with E-state index in [1.54, 1.807) is 0 Å². The second kappa shape index (κ2) is 4.92. The van der Waals surface area contributed by atoms with Crippen molar-refractivity contribution in [2.75, 3.05) is 6.61 Å². The van der Waals surface area contributed by atoms with Crippen molar-refractivity contribution in [3.63, 3.8) is 0 Å². The maximum Gasteiger partial charge on any atom is 0.121 e. The van der Waals surface area contributed by atoms with Crippen LogP contribution in [0.25, 0.3) is 0 Å². The minimum absolute atomic E-state index is 0.323. The van der Waals surface area contributed by atoms with E-state index >= 15 is 0 Å². The maximum atomic E-state index is 5.55. The van der Waals surface area contributed by atoms with Gasteiger partial charge in [0.1, 0.15) is 5.76 Å². The van der Waals surface area contributed by atoms with Crippen molar-refractivity contribution in [3.8, 4) is 0 Å². The fourth-order valence-electron chi connectivity index (χ4n) is 1.33. The van der Waals surface area contributed by atoms with Gasteiger partial charge in [0, 0.05) is 11.8 Å². The van der Waals surface area contributed by atoms with Gasteiger partial charge in [0.05, 0.1) is 12.6 Å². The van der Waals surface area contributed by atoms with Crippen LogP contribution >= 0.6 is 0 Å². The van der Waals surface area contributed by atoms with Crippen LogP contribution in [-0.2, 0) is 4.74 Å². The van der Waals surface area contributed by atoms with E-state index in [-0.39, 0.29) is 0 Å². The molecule has 0 fully saturated rings. The van der Waals surface area contributed by atoms with E-state index in [2.05, 4.69) is 30.8 Å². The first kappa shape index (κ1) is 10.1. The van der Waals surface area contributed by atoms with Gasteiger partial charge in [-0.2, -0.15) is 0 Å². The van der Waals surface area contributed by atoms with Crippen LogP contribution in [0.3, 0.4) is 0 Å². The SMILES string of the molecule is CC/C=C(/OCC)C1=CNNC1C. The van der Waals surface area contributed by atoms with Crippen molar-refractivity contribution >= 4 is 0 Å². The molecule has 0 saturated heterocycles. The number of rotatable bonds is 4. The Balaban J connectivity index is 2.69. The summed E-state index contributed by atoms with van der Waals surface area (Å²) in [5.74, 6) is 0.995. The predicted octanol–water partition coefficient (Wildman–Crippen LogP) is 1.70. The van der Waals surface area contributed by atoms with E-state index < -0.39 is 0 Å². The average molecular weight is 182 g/mol. The van der Waals surface area contributed by atoms with Crippen LogP contribution in [0.15, 0.2) is 23.6 Å². The Morgan fingerprint density at radius 2 is 2.38 bits per heavy atom. The maximum absolute atomic E-state index is 5.55. The van der Waals surface area contributed by atoms with Gasteiger partial charge in [0.25, 0.3) is 0 Å². The highest BCUT2D eigenvalue weighted by atomic mass is 16.5. The first-order valence-electron chi connectivity index (χ1n) is 4.84. The lowest BCUT2D eigenvalue weighted by Crippen LogP contribution is -2.29. The van der Waals surface area contributed by atoms with Crippen molar-refractivity contribution in [3.05, 3.63) is 23.6 Å². The van der Waals surface area contributed by atoms with Crippen LogP contribution in [0.2, 0.25) is 0 Å². The molecule has 13 heavy (non-hydrogen) atoms. The molecular weight excluding hydrogens is 164 g/mol. The molecule has 0 saturated carbocycles. The highest BCUT2D eigenvalue weighted by Crippen LogP contribution is 2.18. The van der Waals surface area contributed by atoms with Crippen LogP contribution in [0, 0.1) is 0 Å². The lowest BCUT2D eigenvalue weighted by molar-refractivity contribution is 0.233. The summed E-state index contributed by atoms with van der Waals surface area (Å²) in [4.78, 5) is 0. The van der Waals surface area contributed by atoms with Gasteiger partial charge in [0.2, 0.25) is 0 Å². The molecule has 1 aliphatic rings. The Morgan fingerprint density at radius 3 is 2.85 bits per heavy atom. The van der Waals surface area contributed by atoms with E-state index in [1.165, 1.54) is 5.57 Å². The quantitative estimate of drug-likeness (QED) is 0.649. The molecule has 3 heteroatoms.